The summed E-state index contributed by atoms with van der Waals surface area (Å²) in [5.74, 6) is 1.02. The quantitative estimate of drug-likeness (QED) is 0.632. The average Bonchev–Trinajstić information content (AvgIpc) is 2.95. The number of rotatable bonds is 6. The van der Waals surface area contributed by atoms with Gasteiger partial charge in [-0.2, -0.15) is 11.8 Å². The maximum atomic E-state index is 10.6. The normalized spacial score (nSPS) is 11.8. The molecule has 0 unspecified atom stereocenters. The Morgan fingerprint density at radius 3 is 2.39 bits per heavy atom. The number of benzene rings is 2. The second kappa shape index (κ2) is 8.64. The van der Waals surface area contributed by atoms with E-state index < -0.39 is 5.97 Å². The molecule has 23 heavy (non-hydrogen) atoms. The molecule has 1 aliphatic rings. The van der Waals surface area contributed by atoms with E-state index in [1.165, 1.54) is 17.3 Å². The molecule has 0 radical (unpaired) electrons. The molecule has 0 saturated carbocycles. The summed E-state index contributed by atoms with van der Waals surface area (Å²) in [4.78, 5) is 10.6. The van der Waals surface area contributed by atoms with Gasteiger partial charge in [0, 0.05) is 11.5 Å². The Morgan fingerprint density at radius 1 is 1.09 bits per heavy atom. The Kier molecular flexibility index (Phi) is 6.84. The minimum atomic E-state index is -1.05. The number of ether oxygens (including phenoxy) is 2. The third-order valence-corrected chi connectivity index (χ3v) is 4.36. The second-order valence-electron chi connectivity index (χ2n) is 5.00. The maximum Gasteiger partial charge on any atom is 1.00 e. The van der Waals surface area contributed by atoms with Gasteiger partial charge in [-0.15, -0.1) is 0 Å². The Morgan fingerprint density at radius 2 is 1.74 bits per heavy atom. The number of carboxylic acids is 1. The van der Waals surface area contributed by atoms with Crippen LogP contribution in [-0.2, 0) is 17.0 Å². The molecule has 1 heterocycles. The van der Waals surface area contributed by atoms with Crippen LogP contribution in [0.2, 0.25) is 0 Å². The zero-order chi connectivity index (χ0) is 15.4. The summed E-state index contributed by atoms with van der Waals surface area (Å²) in [5, 5.41) is 10.6. The van der Waals surface area contributed by atoms with Gasteiger partial charge < -0.3 is 19.4 Å². The Balaban J connectivity index is 0.00000192. The number of hydrogen-bond donors (Lipinski definition) is 0. The smallest absolute Gasteiger partial charge is 0.549 e. The van der Waals surface area contributed by atoms with Crippen LogP contribution in [0.25, 0.3) is 0 Å². The zero-order valence-electron chi connectivity index (χ0n) is 12.9. The molecule has 0 atom stereocenters. The number of aliphatic carboxylic acids is 1. The molecule has 0 aliphatic carbocycles. The van der Waals surface area contributed by atoms with Gasteiger partial charge in [0.1, 0.15) is 0 Å². The summed E-state index contributed by atoms with van der Waals surface area (Å²) < 4.78 is 10.9. The molecule has 0 amide bonds. The van der Waals surface area contributed by atoms with Crippen molar-refractivity contribution in [1.29, 1.82) is 0 Å². The van der Waals surface area contributed by atoms with E-state index in [0.29, 0.717) is 5.75 Å². The molecule has 3 rings (SSSR count). The molecule has 0 aromatic heterocycles. The summed E-state index contributed by atoms with van der Waals surface area (Å²) in [7, 11) is 0. The van der Waals surface area contributed by atoms with Gasteiger partial charge >= 0.3 is 29.6 Å². The third kappa shape index (κ3) is 4.91. The van der Waals surface area contributed by atoms with E-state index in [1.807, 2.05) is 30.3 Å². The van der Waals surface area contributed by atoms with Gasteiger partial charge in [0.2, 0.25) is 6.79 Å². The summed E-state index contributed by atoms with van der Waals surface area (Å²) in [6, 6.07) is 14.1. The fourth-order valence-corrected chi connectivity index (χ4v) is 3.14. The van der Waals surface area contributed by atoms with Crippen molar-refractivity contribution < 1.29 is 48.9 Å². The van der Waals surface area contributed by atoms with E-state index in [0.717, 1.165) is 29.0 Å². The van der Waals surface area contributed by atoms with Crippen LogP contribution in [0.3, 0.4) is 0 Å². The molecule has 114 valence electrons. The molecule has 4 nitrogen and oxygen atoms in total. The minimum Gasteiger partial charge on any atom is -0.549 e. The third-order valence-electron chi connectivity index (χ3n) is 3.41. The predicted molar refractivity (Wildman–Crippen MR) is 83.0 cm³/mol. The van der Waals surface area contributed by atoms with Crippen LogP contribution in [0.5, 0.6) is 11.5 Å². The first kappa shape index (κ1) is 18.2. The van der Waals surface area contributed by atoms with Crippen molar-refractivity contribution in [2.24, 2.45) is 0 Å². The minimum absolute atomic E-state index is 0. The molecule has 2 aromatic rings. The van der Waals surface area contributed by atoms with Gasteiger partial charge in [0.25, 0.3) is 0 Å². The van der Waals surface area contributed by atoms with Crippen LogP contribution in [0, 0.1) is 0 Å². The molecular weight excluding hydrogens is 323 g/mol. The Hall–Kier alpha value is -1.14. The fraction of sp³-hybridized carbons (Fsp3) is 0.235. The van der Waals surface area contributed by atoms with Crippen LogP contribution in [0.4, 0.5) is 0 Å². The number of hydrogen-bond acceptors (Lipinski definition) is 5. The van der Waals surface area contributed by atoms with Crippen molar-refractivity contribution >= 4 is 17.7 Å². The van der Waals surface area contributed by atoms with Crippen molar-refractivity contribution in [1.82, 2.24) is 0 Å². The van der Waals surface area contributed by atoms with E-state index in [4.69, 9.17) is 9.47 Å². The first-order valence-electron chi connectivity index (χ1n) is 6.95. The second-order valence-corrected chi connectivity index (χ2v) is 5.99. The van der Waals surface area contributed by atoms with E-state index >= 15 is 0 Å². The largest absolute Gasteiger partial charge is 1.00 e. The van der Waals surface area contributed by atoms with Crippen molar-refractivity contribution in [3.8, 4) is 11.5 Å². The van der Waals surface area contributed by atoms with Gasteiger partial charge in [-0.25, -0.2) is 0 Å². The van der Waals surface area contributed by atoms with Crippen molar-refractivity contribution in [2.45, 2.75) is 12.2 Å². The van der Waals surface area contributed by atoms with E-state index in [-0.39, 0.29) is 42.1 Å². The zero-order valence-corrected chi connectivity index (χ0v) is 15.7. The molecule has 0 saturated heterocycles. The fourth-order valence-electron chi connectivity index (χ4n) is 2.39. The van der Waals surface area contributed by atoms with E-state index in [1.54, 1.807) is 0 Å². The predicted octanol–water partition coefficient (Wildman–Crippen LogP) is -1.01. The first-order valence-corrected chi connectivity index (χ1v) is 8.11. The summed E-state index contributed by atoms with van der Waals surface area (Å²) in [6.07, 6.45) is 0.776. The van der Waals surface area contributed by atoms with Crippen LogP contribution in [0.1, 0.15) is 16.7 Å². The van der Waals surface area contributed by atoms with Gasteiger partial charge in [0.15, 0.2) is 11.5 Å². The topological polar surface area (TPSA) is 58.6 Å². The average molecular weight is 338 g/mol. The molecular formula is C17H15NaO4S. The molecule has 0 fully saturated rings. The molecule has 2 aromatic carbocycles. The number of carbonyl (C=O) groups is 1. The number of fused-ring (bicyclic) bond motifs is 1. The maximum absolute atomic E-state index is 10.6. The van der Waals surface area contributed by atoms with Crippen LogP contribution < -0.4 is 44.1 Å². The van der Waals surface area contributed by atoms with Gasteiger partial charge in [-0.3, -0.25) is 0 Å². The monoisotopic (exact) mass is 338 g/mol. The van der Waals surface area contributed by atoms with E-state index in [2.05, 4.69) is 12.1 Å². The van der Waals surface area contributed by atoms with Gasteiger partial charge in [0.05, 0.1) is 5.97 Å². The van der Waals surface area contributed by atoms with Crippen molar-refractivity contribution in [3.05, 3.63) is 59.2 Å². The van der Waals surface area contributed by atoms with Crippen LogP contribution >= 0.6 is 11.8 Å². The molecule has 0 spiro atoms. The van der Waals surface area contributed by atoms with Gasteiger partial charge in [-0.05, 0) is 35.2 Å². The van der Waals surface area contributed by atoms with Crippen LogP contribution in [-0.4, -0.2) is 18.5 Å². The first-order chi connectivity index (χ1) is 10.7. The summed E-state index contributed by atoms with van der Waals surface area (Å²) in [6.45, 7) is 0.232. The number of thioether (sulfide) groups is 1. The Labute approximate surface area is 161 Å². The summed E-state index contributed by atoms with van der Waals surface area (Å²) >= 11 is 1.33. The standard InChI is InChI=1S/C17H16O4S.Na/c18-17(19)10-22-9-14-8-16-15(20-11-21-16)7-13(14)6-12-4-2-1-3-5-12;/h1-5,7-8H,6,9-11H2,(H,18,19);/q;+1/p-1. The molecule has 1 aliphatic heterocycles. The molecule has 0 N–H and O–H groups in total. The summed E-state index contributed by atoms with van der Waals surface area (Å²) in [5.41, 5.74) is 3.40. The number of carboxylic acid groups (broad SMARTS) is 1. The Bertz CT molecular complexity index is 676. The van der Waals surface area contributed by atoms with Crippen molar-refractivity contribution in [3.63, 3.8) is 0 Å². The van der Waals surface area contributed by atoms with Crippen LogP contribution in [0.15, 0.2) is 42.5 Å². The van der Waals surface area contributed by atoms with Gasteiger partial charge in [-0.1, -0.05) is 30.3 Å². The molecule has 0 bridgehead atoms. The number of carbonyl (C=O) groups excluding carboxylic acids is 1. The van der Waals surface area contributed by atoms with E-state index in [9.17, 15) is 9.90 Å². The van der Waals surface area contributed by atoms with Crippen molar-refractivity contribution in [2.75, 3.05) is 12.5 Å². The molecule has 6 heteroatoms. The SMILES string of the molecule is O=C([O-])CSCc1cc2c(cc1Cc1ccccc1)OCO2.[Na+].